The highest BCUT2D eigenvalue weighted by Crippen LogP contribution is 2.21. The molecule has 0 radical (unpaired) electrons. The first-order chi connectivity index (χ1) is 4.19. The van der Waals surface area contributed by atoms with Crippen LogP contribution in [0, 0.1) is 0 Å². The minimum absolute atomic E-state index is 0.304. The lowest BCUT2D eigenvalue weighted by molar-refractivity contribution is -0.232. The van der Waals surface area contributed by atoms with E-state index < -0.39 is 18.5 Å². The third kappa shape index (κ3) is 1.07. The van der Waals surface area contributed by atoms with Crippen LogP contribution in [0.15, 0.2) is 0 Å². The second-order valence-corrected chi connectivity index (χ2v) is 2.16. The molecule has 3 N–H and O–H groups in total. The zero-order valence-corrected chi connectivity index (χ0v) is 4.95. The van der Waals surface area contributed by atoms with Crippen LogP contribution in [0.4, 0.5) is 0 Å². The second kappa shape index (κ2) is 2.22. The molecule has 0 unspecified atom stereocenters. The van der Waals surface area contributed by atoms with E-state index in [4.69, 9.17) is 15.3 Å². The van der Waals surface area contributed by atoms with Crippen molar-refractivity contribution in [1.82, 2.24) is 0 Å². The number of aliphatic hydroxyl groups excluding tert-OH is 2. The molecule has 2 atom stereocenters. The van der Waals surface area contributed by atoms with Gasteiger partial charge in [0.15, 0.2) is 0 Å². The molecule has 1 rings (SSSR count). The summed E-state index contributed by atoms with van der Waals surface area (Å²) in [5.41, 5.74) is 0. The van der Waals surface area contributed by atoms with Crippen molar-refractivity contribution in [3.63, 3.8) is 0 Å². The Morgan fingerprint density at radius 2 is 2.33 bits per heavy atom. The summed E-state index contributed by atoms with van der Waals surface area (Å²) in [6, 6.07) is 0. The van der Waals surface area contributed by atoms with Gasteiger partial charge < -0.3 is 20.1 Å². The van der Waals surface area contributed by atoms with Crippen molar-refractivity contribution in [2.75, 3.05) is 13.2 Å². The summed E-state index contributed by atoms with van der Waals surface area (Å²) < 4.78 is 4.66. The van der Waals surface area contributed by atoms with E-state index in [1.54, 1.807) is 0 Å². The predicted octanol–water partition coefficient (Wildman–Crippen LogP) is -1.55. The number of aliphatic hydroxyl groups is 3. The molecule has 1 fully saturated rings. The Morgan fingerprint density at radius 3 is 2.56 bits per heavy atom. The highest BCUT2D eigenvalue weighted by molar-refractivity contribution is 4.81. The number of hydrogen-bond acceptors (Lipinski definition) is 4. The molecule has 1 aliphatic rings. The molecule has 4 heteroatoms. The Morgan fingerprint density at radius 1 is 1.67 bits per heavy atom. The van der Waals surface area contributed by atoms with Gasteiger partial charge in [-0.3, -0.25) is 0 Å². The summed E-state index contributed by atoms with van der Waals surface area (Å²) in [6.45, 7) is -0.244. The van der Waals surface area contributed by atoms with Gasteiger partial charge in [0.25, 0.3) is 0 Å². The van der Waals surface area contributed by atoms with Crippen molar-refractivity contribution < 1.29 is 20.1 Å². The van der Waals surface area contributed by atoms with Crippen LogP contribution < -0.4 is 0 Å². The lowest BCUT2D eigenvalue weighted by Crippen LogP contribution is -2.42. The van der Waals surface area contributed by atoms with E-state index in [0.29, 0.717) is 13.0 Å². The van der Waals surface area contributed by atoms with Crippen LogP contribution in [0.25, 0.3) is 0 Å². The highest BCUT2D eigenvalue weighted by atomic mass is 16.7. The second-order valence-electron chi connectivity index (χ2n) is 2.16. The molecule has 54 valence electrons. The smallest absolute Gasteiger partial charge is 0.216 e. The van der Waals surface area contributed by atoms with E-state index in [2.05, 4.69) is 4.74 Å². The van der Waals surface area contributed by atoms with Crippen molar-refractivity contribution in [1.29, 1.82) is 0 Å². The van der Waals surface area contributed by atoms with Crippen molar-refractivity contribution >= 4 is 0 Å². The Kier molecular flexibility index (Phi) is 1.72. The maximum absolute atomic E-state index is 9.05. The third-order valence-electron chi connectivity index (χ3n) is 1.49. The van der Waals surface area contributed by atoms with Gasteiger partial charge in [-0.25, -0.2) is 0 Å². The molecular formula is C5H10O4. The molecule has 1 saturated heterocycles. The topological polar surface area (TPSA) is 69.9 Å². The summed E-state index contributed by atoms with van der Waals surface area (Å²) in [5.74, 6) is -1.69. The Hall–Kier alpha value is -0.160. The third-order valence-corrected chi connectivity index (χ3v) is 1.49. The summed E-state index contributed by atoms with van der Waals surface area (Å²) >= 11 is 0. The molecule has 0 amide bonds. The van der Waals surface area contributed by atoms with Crippen molar-refractivity contribution in [2.24, 2.45) is 0 Å². The largest absolute Gasteiger partial charge is 0.391 e. The highest BCUT2D eigenvalue weighted by Gasteiger charge is 2.40. The SMILES string of the molecule is OC[C@@]1(O)OCC[C@H]1O. The molecule has 0 aromatic heterocycles. The van der Waals surface area contributed by atoms with Gasteiger partial charge in [0.1, 0.15) is 6.10 Å². The van der Waals surface area contributed by atoms with Crippen molar-refractivity contribution in [2.45, 2.75) is 18.3 Å². The summed E-state index contributed by atoms with van der Waals surface area (Å²) in [6.07, 6.45) is -0.556. The molecule has 0 aromatic carbocycles. The minimum atomic E-state index is -1.69. The van der Waals surface area contributed by atoms with Crippen LogP contribution >= 0.6 is 0 Å². The molecule has 1 aliphatic heterocycles. The van der Waals surface area contributed by atoms with Crippen LogP contribution in [-0.4, -0.2) is 40.4 Å². The summed E-state index contributed by atoms with van der Waals surface area (Å²) in [4.78, 5) is 0. The van der Waals surface area contributed by atoms with E-state index in [0.717, 1.165) is 0 Å². The van der Waals surface area contributed by atoms with E-state index >= 15 is 0 Å². The lowest BCUT2D eigenvalue weighted by Gasteiger charge is -2.21. The Balaban J connectivity index is 2.56. The average Bonchev–Trinajstić information content (AvgIpc) is 2.15. The van der Waals surface area contributed by atoms with Crippen molar-refractivity contribution in [3.05, 3.63) is 0 Å². The zero-order valence-electron chi connectivity index (χ0n) is 4.95. The molecule has 0 aliphatic carbocycles. The molecule has 4 nitrogen and oxygen atoms in total. The van der Waals surface area contributed by atoms with E-state index in [1.165, 1.54) is 0 Å². The minimum Gasteiger partial charge on any atom is -0.391 e. The van der Waals surface area contributed by atoms with Crippen molar-refractivity contribution in [3.8, 4) is 0 Å². The first-order valence-corrected chi connectivity index (χ1v) is 2.84. The van der Waals surface area contributed by atoms with E-state index in [9.17, 15) is 0 Å². The van der Waals surface area contributed by atoms with Crippen LogP contribution in [0.1, 0.15) is 6.42 Å². The van der Waals surface area contributed by atoms with Gasteiger partial charge in [0.2, 0.25) is 5.79 Å². The van der Waals surface area contributed by atoms with Gasteiger partial charge in [-0.2, -0.15) is 0 Å². The van der Waals surface area contributed by atoms with E-state index in [1.807, 2.05) is 0 Å². The normalized spacial score (nSPS) is 43.7. The fourth-order valence-corrected chi connectivity index (χ4v) is 0.820. The van der Waals surface area contributed by atoms with Gasteiger partial charge in [0, 0.05) is 6.42 Å². The number of rotatable bonds is 1. The van der Waals surface area contributed by atoms with Gasteiger partial charge >= 0.3 is 0 Å². The summed E-state index contributed by atoms with van der Waals surface area (Å²) in [7, 11) is 0. The molecule has 0 spiro atoms. The molecule has 0 bridgehead atoms. The maximum atomic E-state index is 9.05. The first kappa shape index (κ1) is 6.95. The monoisotopic (exact) mass is 134 g/mol. The molecule has 0 aromatic rings. The van der Waals surface area contributed by atoms with Crippen LogP contribution in [0.5, 0.6) is 0 Å². The number of hydrogen-bond donors (Lipinski definition) is 3. The fraction of sp³-hybridized carbons (Fsp3) is 1.00. The Bertz CT molecular complexity index is 105. The summed E-state index contributed by atoms with van der Waals surface area (Å²) in [5, 5.41) is 26.4. The quantitative estimate of drug-likeness (QED) is 0.406. The molecule has 0 saturated carbocycles. The van der Waals surface area contributed by atoms with E-state index in [-0.39, 0.29) is 0 Å². The molecule has 9 heavy (non-hydrogen) atoms. The van der Waals surface area contributed by atoms with Crippen LogP contribution in [0.3, 0.4) is 0 Å². The van der Waals surface area contributed by atoms with Gasteiger partial charge in [-0.05, 0) is 0 Å². The van der Waals surface area contributed by atoms with Crippen LogP contribution in [0.2, 0.25) is 0 Å². The fourth-order valence-electron chi connectivity index (χ4n) is 0.820. The predicted molar refractivity (Wildman–Crippen MR) is 28.6 cm³/mol. The maximum Gasteiger partial charge on any atom is 0.216 e. The molecule has 1 heterocycles. The lowest BCUT2D eigenvalue weighted by atomic mass is 10.1. The standard InChI is InChI=1S/C5H10O4/c6-3-5(8)4(7)1-2-9-5/h4,6-8H,1-3H2/t4-,5-/m1/s1. The molecular weight excluding hydrogens is 124 g/mol. The van der Waals surface area contributed by atoms with Crippen LogP contribution in [-0.2, 0) is 4.74 Å². The van der Waals surface area contributed by atoms with Gasteiger partial charge in [-0.1, -0.05) is 0 Å². The van der Waals surface area contributed by atoms with Gasteiger partial charge in [-0.15, -0.1) is 0 Å². The first-order valence-electron chi connectivity index (χ1n) is 2.84. The number of ether oxygens (including phenoxy) is 1. The Labute approximate surface area is 52.7 Å². The zero-order chi connectivity index (χ0) is 6.91. The van der Waals surface area contributed by atoms with Gasteiger partial charge in [0.05, 0.1) is 13.2 Å². The average molecular weight is 134 g/mol.